The second-order valence-electron chi connectivity index (χ2n) is 6.64. The van der Waals surface area contributed by atoms with Gasteiger partial charge >= 0.3 is 5.97 Å². The van der Waals surface area contributed by atoms with Crippen molar-refractivity contribution in [1.82, 2.24) is 9.80 Å². The van der Waals surface area contributed by atoms with Crippen LogP contribution in [0.1, 0.15) is 37.6 Å². The fourth-order valence-corrected chi connectivity index (χ4v) is 2.84. The predicted octanol–water partition coefficient (Wildman–Crippen LogP) is 1.28. The number of carbonyl (C=O) groups is 4. The summed E-state index contributed by atoms with van der Waals surface area (Å²) in [6.07, 6.45) is -0.879. The van der Waals surface area contributed by atoms with Crippen molar-refractivity contribution in [2.24, 2.45) is 0 Å². The largest absolute Gasteiger partial charge is 0.493 e. The molecule has 8 heteroatoms. The first-order chi connectivity index (χ1) is 13.3. The van der Waals surface area contributed by atoms with Crippen molar-refractivity contribution in [2.45, 2.75) is 33.3 Å². The summed E-state index contributed by atoms with van der Waals surface area (Å²) in [6.45, 7) is 6.46. The third-order valence-corrected chi connectivity index (χ3v) is 4.53. The Labute approximate surface area is 164 Å². The number of benzene rings is 1. The molecule has 28 heavy (non-hydrogen) atoms. The maximum atomic E-state index is 12.4. The zero-order valence-corrected chi connectivity index (χ0v) is 16.5. The summed E-state index contributed by atoms with van der Waals surface area (Å²) in [5.74, 6) is -0.287. The van der Waals surface area contributed by atoms with Gasteiger partial charge in [-0.15, -0.1) is 0 Å². The third kappa shape index (κ3) is 6.07. The highest BCUT2D eigenvalue weighted by Gasteiger charge is 2.27. The van der Waals surface area contributed by atoms with Gasteiger partial charge in [0.15, 0.2) is 11.9 Å². The number of amides is 2. The van der Waals surface area contributed by atoms with Crippen LogP contribution >= 0.6 is 0 Å². The zero-order chi connectivity index (χ0) is 20.7. The van der Waals surface area contributed by atoms with Crippen molar-refractivity contribution < 1.29 is 28.7 Å². The molecule has 1 heterocycles. The topological polar surface area (TPSA) is 93.2 Å². The van der Waals surface area contributed by atoms with Gasteiger partial charge in [0.1, 0.15) is 5.75 Å². The van der Waals surface area contributed by atoms with Crippen LogP contribution in [0.2, 0.25) is 0 Å². The van der Waals surface area contributed by atoms with E-state index in [0.717, 1.165) is 0 Å². The van der Waals surface area contributed by atoms with Crippen LogP contribution in [-0.4, -0.2) is 72.3 Å². The predicted molar refractivity (Wildman–Crippen MR) is 101 cm³/mol. The first kappa shape index (κ1) is 21.4. The van der Waals surface area contributed by atoms with E-state index in [1.165, 1.54) is 13.8 Å². The van der Waals surface area contributed by atoms with Gasteiger partial charge in [0.2, 0.25) is 5.91 Å². The number of nitrogens with zero attached hydrogens (tertiary/aromatic N) is 2. The molecule has 0 N–H and O–H groups in total. The molecule has 1 aliphatic rings. The highest BCUT2D eigenvalue weighted by molar-refractivity contribution is 5.94. The number of ketones is 1. The summed E-state index contributed by atoms with van der Waals surface area (Å²) in [7, 11) is 0. The van der Waals surface area contributed by atoms with Crippen LogP contribution in [0.5, 0.6) is 5.75 Å². The fourth-order valence-electron chi connectivity index (χ4n) is 2.84. The minimum atomic E-state index is -0.883. The van der Waals surface area contributed by atoms with Crippen LogP contribution in [-0.2, 0) is 19.1 Å². The number of esters is 1. The third-order valence-electron chi connectivity index (χ3n) is 4.53. The molecule has 2 amide bonds. The van der Waals surface area contributed by atoms with Crippen LogP contribution in [0.25, 0.3) is 0 Å². The lowest BCUT2D eigenvalue weighted by atomic mass is 10.1. The lowest BCUT2D eigenvalue weighted by Gasteiger charge is -2.35. The molecule has 8 nitrogen and oxygen atoms in total. The molecular weight excluding hydrogens is 364 g/mol. The van der Waals surface area contributed by atoms with Gasteiger partial charge in [0.05, 0.1) is 13.0 Å². The summed E-state index contributed by atoms with van der Waals surface area (Å²) >= 11 is 0. The van der Waals surface area contributed by atoms with Gasteiger partial charge in [0.25, 0.3) is 5.91 Å². The van der Waals surface area contributed by atoms with Gasteiger partial charge < -0.3 is 19.3 Å². The number of rotatable bonds is 7. The molecule has 1 unspecified atom stereocenters. The fraction of sp³-hybridized carbons (Fsp3) is 0.500. The van der Waals surface area contributed by atoms with Crippen LogP contribution < -0.4 is 4.74 Å². The smallest absolute Gasteiger partial charge is 0.310 e. The minimum absolute atomic E-state index is 0.00416. The Morgan fingerprint density at radius 1 is 0.964 bits per heavy atom. The number of carbonyl (C=O) groups excluding carboxylic acids is 4. The molecule has 1 aliphatic heterocycles. The molecule has 1 aromatic rings. The molecule has 1 fully saturated rings. The Bertz CT molecular complexity index is 723. The van der Waals surface area contributed by atoms with Crippen molar-refractivity contribution in [3.8, 4) is 5.75 Å². The van der Waals surface area contributed by atoms with E-state index in [2.05, 4.69) is 0 Å². The highest BCUT2D eigenvalue weighted by Crippen LogP contribution is 2.13. The van der Waals surface area contributed by atoms with E-state index < -0.39 is 12.1 Å². The SMILES string of the molecule is CC(=O)c1ccc(OCCC(=O)OC(C)C(=O)N2CCN(C(C)=O)CC2)cc1. The number of piperazine rings is 1. The average Bonchev–Trinajstić information content (AvgIpc) is 2.67. The second-order valence-corrected chi connectivity index (χ2v) is 6.64. The Morgan fingerprint density at radius 2 is 1.54 bits per heavy atom. The molecule has 1 atom stereocenters. The van der Waals surface area contributed by atoms with Gasteiger partial charge in [0, 0.05) is 38.7 Å². The summed E-state index contributed by atoms with van der Waals surface area (Å²) in [5, 5.41) is 0. The van der Waals surface area contributed by atoms with Crippen LogP contribution in [0.15, 0.2) is 24.3 Å². The summed E-state index contributed by atoms with van der Waals surface area (Å²) < 4.78 is 10.7. The van der Waals surface area contributed by atoms with E-state index in [1.54, 1.807) is 41.0 Å². The number of Topliss-reactive ketones (excluding diaryl/α,β-unsaturated/α-hetero) is 1. The molecule has 1 saturated heterocycles. The van der Waals surface area contributed by atoms with E-state index in [9.17, 15) is 19.2 Å². The minimum Gasteiger partial charge on any atom is -0.493 e. The van der Waals surface area contributed by atoms with Gasteiger partial charge in [-0.25, -0.2) is 0 Å². The van der Waals surface area contributed by atoms with E-state index in [4.69, 9.17) is 9.47 Å². The number of hydrogen-bond acceptors (Lipinski definition) is 6. The van der Waals surface area contributed by atoms with Gasteiger partial charge in [-0.1, -0.05) is 0 Å². The molecule has 0 spiro atoms. The Hall–Kier alpha value is -2.90. The maximum absolute atomic E-state index is 12.4. The summed E-state index contributed by atoms with van der Waals surface area (Å²) in [4.78, 5) is 50.2. The monoisotopic (exact) mass is 390 g/mol. The van der Waals surface area contributed by atoms with Gasteiger partial charge in [-0.3, -0.25) is 19.2 Å². The standard InChI is InChI=1S/C20H26N2O6/c1-14(23)17-4-6-18(7-5-17)27-13-8-19(25)28-15(2)20(26)22-11-9-21(10-12-22)16(3)24/h4-7,15H,8-13H2,1-3H3. The molecule has 0 aromatic heterocycles. The van der Waals surface area contributed by atoms with Crippen molar-refractivity contribution >= 4 is 23.6 Å². The van der Waals surface area contributed by atoms with Crippen molar-refractivity contribution in [3.63, 3.8) is 0 Å². The van der Waals surface area contributed by atoms with Gasteiger partial charge in [-0.05, 0) is 38.1 Å². The Morgan fingerprint density at radius 3 is 2.07 bits per heavy atom. The first-order valence-electron chi connectivity index (χ1n) is 9.25. The Kier molecular flexibility index (Phi) is 7.54. The van der Waals surface area contributed by atoms with E-state index in [0.29, 0.717) is 37.5 Å². The normalized spacial score (nSPS) is 15.0. The van der Waals surface area contributed by atoms with Crippen molar-refractivity contribution in [2.75, 3.05) is 32.8 Å². The zero-order valence-electron chi connectivity index (χ0n) is 16.5. The Balaban J connectivity index is 1.71. The van der Waals surface area contributed by atoms with E-state index in [1.807, 2.05) is 0 Å². The molecule has 2 rings (SSSR count). The lowest BCUT2D eigenvalue weighted by Crippen LogP contribution is -2.52. The molecule has 0 saturated carbocycles. The van der Waals surface area contributed by atoms with E-state index >= 15 is 0 Å². The summed E-state index contributed by atoms with van der Waals surface area (Å²) in [6, 6.07) is 6.63. The van der Waals surface area contributed by atoms with Gasteiger partial charge in [-0.2, -0.15) is 0 Å². The molecule has 152 valence electrons. The molecular formula is C20H26N2O6. The van der Waals surface area contributed by atoms with E-state index in [-0.39, 0.29) is 30.6 Å². The van der Waals surface area contributed by atoms with Crippen molar-refractivity contribution in [3.05, 3.63) is 29.8 Å². The maximum Gasteiger partial charge on any atom is 0.310 e. The number of ether oxygens (including phenoxy) is 2. The molecule has 1 aromatic carbocycles. The molecule has 0 aliphatic carbocycles. The average molecular weight is 390 g/mol. The summed E-state index contributed by atoms with van der Waals surface area (Å²) in [5.41, 5.74) is 0.586. The van der Waals surface area contributed by atoms with Crippen molar-refractivity contribution in [1.29, 1.82) is 0 Å². The lowest BCUT2D eigenvalue weighted by molar-refractivity contribution is -0.160. The highest BCUT2D eigenvalue weighted by atomic mass is 16.6. The number of hydrogen-bond donors (Lipinski definition) is 0. The molecule has 0 radical (unpaired) electrons. The second kappa shape index (κ2) is 9.87. The van der Waals surface area contributed by atoms with Crippen LogP contribution in [0, 0.1) is 0 Å². The van der Waals surface area contributed by atoms with Crippen LogP contribution in [0.4, 0.5) is 0 Å². The van der Waals surface area contributed by atoms with Crippen LogP contribution in [0.3, 0.4) is 0 Å². The molecule has 0 bridgehead atoms. The first-order valence-corrected chi connectivity index (χ1v) is 9.25. The quantitative estimate of drug-likeness (QED) is 0.514.